The monoisotopic (exact) mass is 321 g/mol. The average molecular weight is 321 g/mol. The number of aromatic nitrogens is 2. The van der Waals surface area contributed by atoms with Crippen molar-refractivity contribution in [2.24, 2.45) is 5.73 Å². The van der Waals surface area contributed by atoms with Crippen LogP contribution in [0.15, 0.2) is 24.5 Å². The molecule has 2 rings (SSSR count). The fourth-order valence-corrected chi connectivity index (χ4v) is 2.90. The van der Waals surface area contributed by atoms with Crippen molar-refractivity contribution in [1.82, 2.24) is 14.7 Å². The van der Waals surface area contributed by atoms with E-state index in [0.717, 1.165) is 4.88 Å². The first-order chi connectivity index (χ1) is 10.4. The van der Waals surface area contributed by atoms with Crippen LogP contribution in [-0.2, 0) is 11.3 Å². The Labute approximate surface area is 132 Å². The summed E-state index contributed by atoms with van der Waals surface area (Å²) in [4.78, 5) is 27.0. The molecular formula is C14H19N5O2S. The van der Waals surface area contributed by atoms with E-state index in [-0.39, 0.29) is 18.6 Å². The standard InChI is InChI=1S/C14H19N5O2S/c1-9-4-5-12(22-9)10(2)18(3)14(21)17-11-6-16-19(7-11)8-13(15)20/h4-7,10H,8H2,1-3H3,(H2,15,20)(H,17,21)/t10-/m1/s1. The maximum atomic E-state index is 12.3. The number of thiophene rings is 1. The zero-order chi connectivity index (χ0) is 16.3. The van der Waals surface area contributed by atoms with E-state index in [1.165, 1.54) is 15.8 Å². The van der Waals surface area contributed by atoms with Gasteiger partial charge in [-0.15, -0.1) is 11.3 Å². The molecule has 2 aromatic heterocycles. The minimum atomic E-state index is -0.486. The third-order valence-corrected chi connectivity index (χ3v) is 4.45. The first-order valence-electron chi connectivity index (χ1n) is 6.77. The molecule has 0 aliphatic rings. The van der Waals surface area contributed by atoms with Gasteiger partial charge in [0, 0.05) is 23.0 Å². The fraction of sp³-hybridized carbons (Fsp3) is 0.357. The van der Waals surface area contributed by atoms with Crippen molar-refractivity contribution in [2.75, 3.05) is 12.4 Å². The number of rotatable bonds is 5. The van der Waals surface area contributed by atoms with Gasteiger partial charge in [0.25, 0.3) is 0 Å². The van der Waals surface area contributed by atoms with Crippen LogP contribution in [0, 0.1) is 6.92 Å². The van der Waals surface area contributed by atoms with Crippen LogP contribution in [-0.4, -0.2) is 33.7 Å². The van der Waals surface area contributed by atoms with Crippen molar-refractivity contribution in [3.05, 3.63) is 34.3 Å². The molecule has 0 unspecified atom stereocenters. The van der Waals surface area contributed by atoms with E-state index >= 15 is 0 Å². The van der Waals surface area contributed by atoms with Crippen molar-refractivity contribution in [3.8, 4) is 0 Å². The molecule has 0 bridgehead atoms. The normalized spacial score (nSPS) is 12.0. The number of aryl methyl sites for hydroxylation is 1. The van der Waals surface area contributed by atoms with Gasteiger partial charge in [0.1, 0.15) is 6.54 Å². The first kappa shape index (κ1) is 16.0. The number of nitrogens with two attached hydrogens (primary N) is 1. The highest BCUT2D eigenvalue weighted by molar-refractivity contribution is 7.12. The molecule has 3 N–H and O–H groups in total. The van der Waals surface area contributed by atoms with Crippen LogP contribution in [0.1, 0.15) is 22.7 Å². The second-order valence-electron chi connectivity index (χ2n) is 5.06. The summed E-state index contributed by atoms with van der Waals surface area (Å²) in [7, 11) is 1.74. The Kier molecular flexibility index (Phi) is 4.81. The highest BCUT2D eigenvalue weighted by atomic mass is 32.1. The lowest BCUT2D eigenvalue weighted by atomic mass is 10.2. The second kappa shape index (κ2) is 6.61. The highest BCUT2D eigenvalue weighted by Crippen LogP contribution is 2.26. The lowest BCUT2D eigenvalue weighted by Gasteiger charge is -2.24. The molecule has 0 spiro atoms. The van der Waals surface area contributed by atoms with E-state index in [0.29, 0.717) is 5.69 Å². The predicted molar refractivity (Wildman–Crippen MR) is 85.7 cm³/mol. The van der Waals surface area contributed by atoms with Gasteiger partial charge in [-0.3, -0.25) is 9.48 Å². The molecule has 22 heavy (non-hydrogen) atoms. The van der Waals surface area contributed by atoms with E-state index in [4.69, 9.17) is 5.73 Å². The summed E-state index contributed by atoms with van der Waals surface area (Å²) in [6.45, 7) is 3.99. The molecule has 2 aromatic rings. The highest BCUT2D eigenvalue weighted by Gasteiger charge is 2.19. The van der Waals surface area contributed by atoms with Crippen molar-refractivity contribution in [1.29, 1.82) is 0 Å². The van der Waals surface area contributed by atoms with Crippen LogP contribution in [0.4, 0.5) is 10.5 Å². The Morgan fingerprint density at radius 1 is 1.50 bits per heavy atom. The second-order valence-corrected chi connectivity index (χ2v) is 6.38. The molecule has 1 atom stereocenters. The SMILES string of the molecule is Cc1ccc([C@@H](C)N(C)C(=O)Nc2cnn(CC(N)=O)c2)s1. The van der Waals surface area contributed by atoms with Crippen molar-refractivity contribution in [2.45, 2.75) is 26.4 Å². The number of primary amides is 1. The van der Waals surface area contributed by atoms with Gasteiger partial charge < -0.3 is 16.0 Å². The van der Waals surface area contributed by atoms with Gasteiger partial charge in [-0.1, -0.05) is 0 Å². The topological polar surface area (TPSA) is 93.2 Å². The van der Waals surface area contributed by atoms with Gasteiger partial charge in [0.15, 0.2) is 0 Å². The van der Waals surface area contributed by atoms with Crippen LogP contribution in [0.25, 0.3) is 0 Å². The van der Waals surface area contributed by atoms with Crippen LogP contribution >= 0.6 is 11.3 Å². The molecule has 0 aliphatic heterocycles. The molecule has 7 nitrogen and oxygen atoms in total. The van der Waals surface area contributed by atoms with Gasteiger partial charge in [0.2, 0.25) is 5.91 Å². The smallest absolute Gasteiger partial charge is 0.322 e. The third-order valence-electron chi connectivity index (χ3n) is 3.28. The van der Waals surface area contributed by atoms with Gasteiger partial charge >= 0.3 is 6.03 Å². The van der Waals surface area contributed by atoms with Gasteiger partial charge in [-0.05, 0) is 26.0 Å². The summed E-state index contributed by atoms with van der Waals surface area (Å²) < 4.78 is 1.38. The van der Waals surface area contributed by atoms with E-state index in [2.05, 4.69) is 10.4 Å². The van der Waals surface area contributed by atoms with Crippen molar-refractivity contribution >= 4 is 29.0 Å². The molecule has 0 fully saturated rings. The third kappa shape index (κ3) is 3.85. The summed E-state index contributed by atoms with van der Waals surface area (Å²) >= 11 is 1.67. The van der Waals surface area contributed by atoms with Gasteiger partial charge in [-0.25, -0.2) is 4.79 Å². The first-order valence-corrected chi connectivity index (χ1v) is 7.59. The molecule has 118 valence electrons. The molecule has 3 amide bonds. The van der Waals surface area contributed by atoms with Crippen molar-refractivity contribution < 1.29 is 9.59 Å². The summed E-state index contributed by atoms with van der Waals surface area (Å²) in [5.74, 6) is -0.486. The maximum absolute atomic E-state index is 12.3. The number of carbonyl (C=O) groups is 2. The average Bonchev–Trinajstić information content (AvgIpc) is 3.05. The molecule has 0 aromatic carbocycles. The Balaban J connectivity index is 1.99. The Morgan fingerprint density at radius 3 is 2.82 bits per heavy atom. The molecule has 0 saturated heterocycles. The molecule has 8 heteroatoms. The van der Waals surface area contributed by atoms with Crippen LogP contribution < -0.4 is 11.1 Å². The Morgan fingerprint density at radius 2 is 2.23 bits per heavy atom. The summed E-state index contributed by atoms with van der Waals surface area (Å²) in [6, 6.07) is 3.80. The maximum Gasteiger partial charge on any atom is 0.322 e. The molecule has 0 radical (unpaired) electrons. The number of hydrogen-bond donors (Lipinski definition) is 2. The van der Waals surface area contributed by atoms with Gasteiger partial charge in [0.05, 0.1) is 17.9 Å². The Hall–Kier alpha value is -2.35. The number of urea groups is 1. The van der Waals surface area contributed by atoms with Crippen LogP contribution in [0.2, 0.25) is 0 Å². The summed E-state index contributed by atoms with van der Waals surface area (Å²) in [5, 5.41) is 6.71. The predicted octanol–water partition coefficient (Wildman–Crippen LogP) is 1.96. The molecule has 0 saturated carbocycles. The minimum absolute atomic E-state index is 0.0173. The van der Waals surface area contributed by atoms with Crippen LogP contribution in [0.3, 0.4) is 0 Å². The fourth-order valence-electron chi connectivity index (χ4n) is 1.93. The number of nitrogens with zero attached hydrogens (tertiary/aromatic N) is 3. The number of hydrogen-bond acceptors (Lipinski definition) is 4. The Bertz CT molecular complexity index is 678. The largest absolute Gasteiger partial charge is 0.368 e. The van der Waals surface area contributed by atoms with E-state index in [1.807, 2.05) is 26.0 Å². The number of anilines is 1. The zero-order valence-corrected chi connectivity index (χ0v) is 13.6. The summed E-state index contributed by atoms with van der Waals surface area (Å²) in [5.41, 5.74) is 5.62. The van der Waals surface area contributed by atoms with E-state index in [9.17, 15) is 9.59 Å². The molecule has 0 aliphatic carbocycles. The summed E-state index contributed by atoms with van der Waals surface area (Å²) in [6.07, 6.45) is 3.05. The van der Waals surface area contributed by atoms with Gasteiger partial charge in [-0.2, -0.15) is 5.10 Å². The quantitative estimate of drug-likeness (QED) is 0.881. The lowest BCUT2D eigenvalue weighted by molar-refractivity contribution is -0.118. The van der Waals surface area contributed by atoms with Crippen molar-refractivity contribution in [3.63, 3.8) is 0 Å². The zero-order valence-electron chi connectivity index (χ0n) is 12.7. The molecular weight excluding hydrogens is 302 g/mol. The number of nitrogens with one attached hydrogen (secondary N) is 1. The number of carbonyl (C=O) groups excluding carboxylic acids is 2. The van der Waals surface area contributed by atoms with E-state index < -0.39 is 5.91 Å². The van der Waals surface area contributed by atoms with E-state index in [1.54, 1.807) is 29.5 Å². The molecule has 2 heterocycles. The van der Waals surface area contributed by atoms with Crippen LogP contribution in [0.5, 0.6) is 0 Å². The number of amides is 3. The minimum Gasteiger partial charge on any atom is -0.368 e. The lowest BCUT2D eigenvalue weighted by Crippen LogP contribution is -2.33.